The van der Waals surface area contributed by atoms with Crippen LogP contribution in [0.1, 0.15) is 48.2 Å². The summed E-state index contributed by atoms with van der Waals surface area (Å²) in [7, 11) is 1.80. The monoisotopic (exact) mass is 626 g/mol. The average molecular weight is 628 g/mol. The molecule has 2 heterocycles. The molecule has 2 atom stereocenters. The van der Waals surface area contributed by atoms with E-state index in [2.05, 4.69) is 41.4 Å². The second-order valence-corrected chi connectivity index (χ2v) is 13.3. The highest BCUT2D eigenvalue weighted by molar-refractivity contribution is 9.10. The van der Waals surface area contributed by atoms with E-state index < -0.39 is 21.7 Å². The molecule has 1 saturated carbocycles. The summed E-state index contributed by atoms with van der Waals surface area (Å²) in [6.07, 6.45) is 7.66. The number of nitrogens with zero attached hydrogens (tertiary/aromatic N) is 4. The molecule has 2 aliphatic rings. The molecule has 39 heavy (non-hydrogen) atoms. The van der Waals surface area contributed by atoms with Gasteiger partial charge in [-0.2, -0.15) is 0 Å². The zero-order chi connectivity index (χ0) is 28.3. The molecule has 0 unspecified atom stereocenters. The third-order valence-corrected chi connectivity index (χ3v) is 9.69. The maximum atomic E-state index is 15.1. The Morgan fingerprint density at radius 2 is 1.97 bits per heavy atom. The minimum absolute atomic E-state index is 0.00293. The van der Waals surface area contributed by atoms with Crippen LogP contribution in [0.5, 0.6) is 5.75 Å². The number of anilines is 2. The van der Waals surface area contributed by atoms with Gasteiger partial charge in [-0.3, -0.25) is 4.79 Å². The number of aromatic nitrogens is 2. The van der Waals surface area contributed by atoms with Gasteiger partial charge in [0, 0.05) is 31.4 Å². The summed E-state index contributed by atoms with van der Waals surface area (Å²) in [6.45, 7) is 1.76. The van der Waals surface area contributed by atoms with E-state index in [-0.39, 0.29) is 41.0 Å². The summed E-state index contributed by atoms with van der Waals surface area (Å²) in [5, 5.41) is 5.95. The van der Waals surface area contributed by atoms with Crippen LogP contribution in [0, 0.1) is 11.7 Å². The molecule has 0 spiro atoms. The van der Waals surface area contributed by atoms with Crippen molar-refractivity contribution >= 4 is 43.5 Å². The minimum Gasteiger partial charge on any atom is -0.495 e. The summed E-state index contributed by atoms with van der Waals surface area (Å²) in [6, 6.07) is 2.50. The Hall–Kier alpha value is -2.35. The number of carbonyl (C=O) groups excluding carboxylic acids is 1. The van der Waals surface area contributed by atoms with E-state index in [0.29, 0.717) is 10.9 Å². The van der Waals surface area contributed by atoms with Gasteiger partial charge in [0.15, 0.2) is 0 Å². The summed E-state index contributed by atoms with van der Waals surface area (Å²) in [5.41, 5.74) is 0.922. The smallest absolute Gasteiger partial charge is 0.254 e. The highest BCUT2D eigenvalue weighted by atomic mass is 79.9. The third-order valence-electron chi connectivity index (χ3n) is 7.72. The van der Waals surface area contributed by atoms with Crippen LogP contribution in [-0.4, -0.2) is 86.1 Å². The van der Waals surface area contributed by atoms with E-state index in [4.69, 9.17) is 4.74 Å². The van der Waals surface area contributed by atoms with Crippen molar-refractivity contribution in [3.63, 3.8) is 0 Å². The molecule has 4 rings (SSSR count). The fourth-order valence-electron chi connectivity index (χ4n) is 5.36. The number of benzene rings is 1. The van der Waals surface area contributed by atoms with Crippen LogP contribution in [0.4, 0.5) is 16.0 Å². The van der Waals surface area contributed by atoms with Crippen LogP contribution in [0.25, 0.3) is 0 Å². The molecule has 1 aliphatic heterocycles. The van der Waals surface area contributed by atoms with E-state index in [0.717, 1.165) is 50.9 Å². The Bertz CT molecular complexity index is 1310. The molecule has 2 fully saturated rings. The molecule has 1 aromatic carbocycles. The third kappa shape index (κ3) is 7.24. The van der Waals surface area contributed by atoms with E-state index in [1.807, 2.05) is 7.05 Å². The number of likely N-dealkylation sites (tertiary alicyclic amines) is 1. The lowest BCUT2D eigenvalue weighted by molar-refractivity contribution is 0.0912. The fourth-order valence-corrected chi connectivity index (χ4v) is 6.49. The summed E-state index contributed by atoms with van der Waals surface area (Å²) < 4.78 is 47.0. The SMILES string of the molecule is COc1cc(C(=O)NC2CCN(C)CC2)c(F)cc1Nc1ncc(Br)c(C[C@@H]2CCC[C@H]2N(C)S(C)(=O)=O)n1. The normalized spacial score (nSPS) is 20.8. The molecule has 214 valence electrons. The highest BCUT2D eigenvalue weighted by Crippen LogP contribution is 2.35. The maximum Gasteiger partial charge on any atom is 0.254 e. The zero-order valence-electron chi connectivity index (χ0n) is 22.7. The molecular weight excluding hydrogens is 591 g/mol. The summed E-state index contributed by atoms with van der Waals surface area (Å²) in [4.78, 5) is 24.0. The molecule has 1 saturated heterocycles. The average Bonchev–Trinajstić information content (AvgIpc) is 3.34. The number of ether oxygens (including phenoxy) is 1. The molecule has 1 aromatic heterocycles. The van der Waals surface area contributed by atoms with E-state index >= 15 is 4.39 Å². The number of piperidine rings is 1. The van der Waals surface area contributed by atoms with Gasteiger partial charge in [0.2, 0.25) is 16.0 Å². The van der Waals surface area contributed by atoms with Gasteiger partial charge >= 0.3 is 0 Å². The molecule has 2 aromatic rings. The van der Waals surface area contributed by atoms with Gasteiger partial charge in [0.25, 0.3) is 5.91 Å². The van der Waals surface area contributed by atoms with Crippen molar-refractivity contribution < 1.29 is 22.3 Å². The largest absolute Gasteiger partial charge is 0.495 e. The van der Waals surface area contributed by atoms with Crippen LogP contribution >= 0.6 is 15.9 Å². The number of hydrogen-bond donors (Lipinski definition) is 2. The topological polar surface area (TPSA) is 117 Å². The Morgan fingerprint density at radius 3 is 2.64 bits per heavy atom. The van der Waals surface area contributed by atoms with Crippen LogP contribution < -0.4 is 15.4 Å². The summed E-state index contributed by atoms with van der Waals surface area (Å²) in [5.74, 6) is -0.528. The van der Waals surface area contributed by atoms with Gasteiger partial charge in [0.1, 0.15) is 11.6 Å². The lowest BCUT2D eigenvalue weighted by atomic mass is 9.97. The van der Waals surface area contributed by atoms with Crippen molar-refractivity contribution in [1.29, 1.82) is 0 Å². The second-order valence-electron chi connectivity index (χ2n) is 10.4. The predicted molar refractivity (Wildman–Crippen MR) is 151 cm³/mol. The quantitative estimate of drug-likeness (QED) is 0.434. The second kappa shape index (κ2) is 12.4. The van der Waals surface area contributed by atoms with E-state index in [1.54, 1.807) is 13.2 Å². The molecule has 13 heteroatoms. The number of methoxy groups -OCH3 is 1. The van der Waals surface area contributed by atoms with Gasteiger partial charge in [-0.25, -0.2) is 27.1 Å². The van der Waals surface area contributed by atoms with Crippen molar-refractivity contribution in [3.05, 3.63) is 39.9 Å². The first-order valence-electron chi connectivity index (χ1n) is 13.0. The van der Waals surface area contributed by atoms with Crippen molar-refractivity contribution in [3.8, 4) is 5.75 Å². The van der Waals surface area contributed by atoms with Crippen LogP contribution in [-0.2, 0) is 16.4 Å². The number of carbonyl (C=O) groups is 1. The molecule has 0 radical (unpaired) electrons. The lowest BCUT2D eigenvalue weighted by Gasteiger charge is -2.29. The molecule has 1 amide bonds. The fraction of sp³-hybridized carbons (Fsp3) is 0.577. The van der Waals surface area contributed by atoms with Crippen molar-refractivity contribution in [2.24, 2.45) is 5.92 Å². The van der Waals surface area contributed by atoms with Crippen LogP contribution in [0.15, 0.2) is 22.8 Å². The molecular formula is C26H36BrFN6O4S. The Balaban J connectivity index is 1.50. The Kier molecular flexibility index (Phi) is 9.45. The molecule has 10 nitrogen and oxygen atoms in total. The number of rotatable bonds is 9. The number of sulfonamides is 1. The first kappa shape index (κ1) is 29.6. The first-order chi connectivity index (χ1) is 18.5. The number of hydrogen-bond acceptors (Lipinski definition) is 8. The lowest BCUT2D eigenvalue weighted by Crippen LogP contribution is -2.43. The number of amides is 1. The Labute approximate surface area is 237 Å². The van der Waals surface area contributed by atoms with Crippen LogP contribution in [0.2, 0.25) is 0 Å². The van der Waals surface area contributed by atoms with Gasteiger partial charge in [-0.05, 0) is 80.2 Å². The zero-order valence-corrected chi connectivity index (χ0v) is 25.1. The number of halogens is 2. The highest BCUT2D eigenvalue weighted by Gasteiger charge is 2.35. The first-order valence-corrected chi connectivity index (χ1v) is 15.7. The minimum atomic E-state index is -3.31. The van der Waals surface area contributed by atoms with Gasteiger partial charge in [-0.15, -0.1) is 0 Å². The van der Waals surface area contributed by atoms with E-state index in [9.17, 15) is 13.2 Å². The van der Waals surface area contributed by atoms with Gasteiger partial charge in [0.05, 0.1) is 34.8 Å². The van der Waals surface area contributed by atoms with Crippen LogP contribution in [0.3, 0.4) is 0 Å². The van der Waals surface area contributed by atoms with Crippen molar-refractivity contribution in [2.75, 3.05) is 45.9 Å². The number of nitrogens with one attached hydrogen (secondary N) is 2. The standard InChI is InChI=1S/C26H36BrFN6O4S/c1-33-10-8-17(9-11-33)30-25(35)18-13-24(38-3)22(14-20(18)28)32-26-29-15-19(27)21(31-26)12-16-6-5-7-23(16)34(2)39(4,36)37/h13-17,23H,5-12H2,1-4H3,(H,30,35)(H,29,31,32)/t16-,23+/m0/s1. The predicted octanol–water partition coefficient (Wildman–Crippen LogP) is 3.56. The van der Waals surface area contributed by atoms with Crippen molar-refractivity contribution in [1.82, 2.24) is 24.5 Å². The maximum absolute atomic E-state index is 15.1. The van der Waals surface area contributed by atoms with Gasteiger partial charge < -0.3 is 20.3 Å². The summed E-state index contributed by atoms with van der Waals surface area (Å²) >= 11 is 3.51. The molecule has 0 bridgehead atoms. The Morgan fingerprint density at radius 1 is 1.26 bits per heavy atom. The van der Waals surface area contributed by atoms with Gasteiger partial charge in [-0.1, -0.05) is 6.42 Å². The molecule has 2 N–H and O–H groups in total. The molecule has 1 aliphatic carbocycles. The van der Waals surface area contributed by atoms with E-state index in [1.165, 1.54) is 29.8 Å². The van der Waals surface area contributed by atoms with Crippen molar-refractivity contribution in [2.45, 2.75) is 50.6 Å².